The fourth-order valence-electron chi connectivity index (χ4n) is 9.58. The van der Waals surface area contributed by atoms with Crippen LogP contribution in [0.3, 0.4) is 0 Å². The number of allylic oxidation sites excluding steroid dienone is 4. The first-order valence-corrected chi connectivity index (χ1v) is 21.6. The van der Waals surface area contributed by atoms with E-state index in [-0.39, 0.29) is 68.4 Å². The van der Waals surface area contributed by atoms with E-state index in [0.717, 1.165) is 44.5 Å². The van der Waals surface area contributed by atoms with Gasteiger partial charge in [-0.15, -0.1) is 0 Å². The largest absolute Gasteiger partial charge is 0 e. The summed E-state index contributed by atoms with van der Waals surface area (Å²) in [5, 5.41) is 11.8. The normalized spacial score (nSPS) is 17.1. The van der Waals surface area contributed by atoms with Gasteiger partial charge in [-0.2, -0.15) is 0 Å². The van der Waals surface area contributed by atoms with Crippen LogP contribution in [-0.2, 0) is 62.4 Å². The number of ketones is 1. The van der Waals surface area contributed by atoms with Gasteiger partial charge in [-0.25, -0.2) is 0 Å². The van der Waals surface area contributed by atoms with Gasteiger partial charge in [0.15, 0.2) is 5.78 Å². The van der Waals surface area contributed by atoms with Crippen LogP contribution in [0.4, 0.5) is 0 Å². The third kappa shape index (κ3) is 13.2. The second-order valence-corrected chi connectivity index (χ2v) is 15.5. The molecule has 2 aliphatic carbocycles. The fraction of sp³-hybridized carbons (Fsp3) is 0.0806. The van der Waals surface area contributed by atoms with Crippen molar-refractivity contribution in [3.05, 3.63) is 314 Å². The summed E-state index contributed by atoms with van der Waals surface area (Å²) >= 11 is 0. The molecule has 2 aliphatic rings. The first kappa shape index (κ1) is 57.4. The van der Waals surface area contributed by atoms with E-state index in [4.69, 9.17) is 18.6 Å². The summed E-state index contributed by atoms with van der Waals surface area (Å²) in [6.07, 6.45) is -0.467. The predicted octanol–water partition coefficient (Wildman–Crippen LogP) is 13.1. The number of hydrogen-bond donors (Lipinski definition) is 1. The van der Waals surface area contributed by atoms with Gasteiger partial charge in [0.2, 0.25) is 0 Å². The van der Waals surface area contributed by atoms with Gasteiger partial charge in [0.05, 0.1) is 6.10 Å². The Balaban J connectivity index is 0.000000317. The molecule has 1 N–H and O–H groups in total. The van der Waals surface area contributed by atoms with Gasteiger partial charge in [-0.05, 0) is 44.5 Å². The molecule has 6 nitrogen and oxygen atoms in total. The number of Topliss-reactive ketones (excluding diaryl/α,β-unsaturated/α-hetero) is 1. The maximum absolute atomic E-state index is 14.0. The average Bonchev–Trinajstić information content (AvgIpc) is 3.93. The van der Waals surface area contributed by atoms with Crippen molar-refractivity contribution in [2.24, 2.45) is 0 Å². The summed E-state index contributed by atoms with van der Waals surface area (Å²) in [5.41, 5.74) is 12.5. The summed E-state index contributed by atoms with van der Waals surface area (Å²) in [7, 11) is 0. The van der Waals surface area contributed by atoms with Crippen LogP contribution in [-0.4, -0.2) is 17.0 Å². The van der Waals surface area contributed by atoms with Crippen LogP contribution in [0.15, 0.2) is 243 Å². The second-order valence-electron chi connectivity index (χ2n) is 15.5. The molecule has 1 saturated carbocycles. The Morgan fingerprint density at radius 3 is 0.657 bits per heavy atom. The molecule has 0 bridgehead atoms. The molecular formula is C62H46O6Ru2. The maximum Gasteiger partial charge on any atom is 0 e. The van der Waals surface area contributed by atoms with Gasteiger partial charge in [0, 0.05) is 84.9 Å². The van der Waals surface area contributed by atoms with Gasteiger partial charge in [-0.1, -0.05) is 243 Å². The average molecular weight is 1090 g/mol. The van der Waals surface area contributed by atoms with Crippen molar-refractivity contribution < 1.29 is 67.5 Å². The molecule has 8 aromatic carbocycles. The van der Waals surface area contributed by atoms with E-state index in [9.17, 15) is 9.90 Å². The van der Waals surface area contributed by atoms with Crippen molar-refractivity contribution in [2.45, 2.75) is 29.8 Å². The molecule has 0 spiro atoms. The number of aliphatic hydroxyl groups is 1. The number of hydrogen-bond acceptors (Lipinski definition) is 2. The summed E-state index contributed by atoms with van der Waals surface area (Å²) in [5.74, 6) is 0.519. The van der Waals surface area contributed by atoms with Crippen LogP contribution < -0.4 is 0 Å². The van der Waals surface area contributed by atoms with E-state index >= 15 is 0 Å². The molecule has 346 valence electrons. The van der Waals surface area contributed by atoms with E-state index in [0.29, 0.717) is 0 Å². The smallest absolute Gasteiger partial charge is 0 e. The van der Waals surface area contributed by atoms with E-state index in [1.54, 1.807) is 0 Å². The molecule has 4 atom stereocenters. The third-order valence-corrected chi connectivity index (χ3v) is 12.1. The Hall–Kier alpha value is -6.92. The Labute approximate surface area is 436 Å². The first-order chi connectivity index (χ1) is 33.7. The quantitative estimate of drug-likeness (QED) is 0.0927. The minimum Gasteiger partial charge on any atom is 0 e. The Bertz CT molecular complexity index is 2710. The van der Waals surface area contributed by atoms with Gasteiger partial charge >= 0.3 is 45.2 Å². The predicted molar refractivity (Wildman–Crippen MR) is 263 cm³/mol. The Morgan fingerprint density at radius 1 is 0.271 bits per heavy atom. The van der Waals surface area contributed by atoms with Crippen LogP contribution in [0, 0.1) is 26.6 Å². The standard InChI is InChI=1S/C29H26O.C29H20O.4CO.2Ru/c2*30-29-27(23-17-9-3-10-18-23)25(21-13-5-1-6-14-21)26(22-15-7-2-8-16-22)28(29)24-19-11-4-12-20-24;4*1-2;;/h1-20,25-30H;1-20H;;;;;;. The Kier molecular flexibility index (Phi) is 25.0. The van der Waals surface area contributed by atoms with Crippen molar-refractivity contribution in [3.8, 4) is 0 Å². The molecule has 0 saturated heterocycles. The van der Waals surface area contributed by atoms with Gasteiger partial charge < -0.3 is 5.11 Å². The summed E-state index contributed by atoms with van der Waals surface area (Å²) in [6.45, 7) is 18.0. The molecule has 0 aromatic heterocycles. The molecule has 8 heteroatoms. The van der Waals surface area contributed by atoms with Crippen LogP contribution in [0.2, 0.25) is 0 Å². The van der Waals surface area contributed by atoms with Gasteiger partial charge in [0.25, 0.3) is 0 Å². The number of benzene rings is 8. The van der Waals surface area contributed by atoms with Crippen molar-refractivity contribution >= 4 is 28.1 Å². The van der Waals surface area contributed by atoms with Gasteiger partial charge in [-0.3, -0.25) is 4.79 Å². The molecule has 0 heterocycles. The zero-order valence-electron chi connectivity index (χ0n) is 37.7. The van der Waals surface area contributed by atoms with Crippen molar-refractivity contribution in [3.63, 3.8) is 0 Å². The van der Waals surface area contributed by atoms with Crippen LogP contribution in [0.25, 0.3) is 22.3 Å². The zero-order chi connectivity index (χ0) is 48.7. The number of carbonyl (C=O) groups excluding carboxylic acids is 1. The van der Waals surface area contributed by atoms with E-state index < -0.39 is 6.10 Å². The monoisotopic (exact) mass is 1090 g/mol. The summed E-state index contributed by atoms with van der Waals surface area (Å²) in [6, 6.07) is 83.0. The van der Waals surface area contributed by atoms with Crippen LogP contribution in [0.1, 0.15) is 68.2 Å². The SMILES string of the molecule is O=C1C(c2ccccc2)=C(c2ccccc2)C(c2ccccc2)=C1c1ccccc1.OC1C(c2ccccc2)C(c2ccccc2)C(c2ccccc2)C1c1ccccc1.[C-]#[O+].[C-]#[O+].[C-]#[O+].[C-]#[O+].[Ru].[Ru]. The molecule has 0 radical (unpaired) electrons. The molecule has 70 heavy (non-hydrogen) atoms. The van der Waals surface area contributed by atoms with Crippen molar-refractivity contribution in [1.29, 1.82) is 0 Å². The third-order valence-electron chi connectivity index (χ3n) is 12.1. The summed E-state index contributed by atoms with van der Waals surface area (Å²) in [4.78, 5) is 14.0. The number of aliphatic hydroxyl groups excluding tert-OH is 1. The molecule has 8 aromatic rings. The van der Waals surface area contributed by atoms with Crippen LogP contribution >= 0.6 is 0 Å². The van der Waals surface area contributed by atoms with Crippen LogP contribution in [0.5, 0.6) is 0 Å². The minimum atomic E-state index is -0.467. The van der Waals surface area contributed by atoms with Crippen molar-refractivity contribution in [1.82, 2.24) is 0 Å². The number of carbonyl (C=O) groups is 1. The molecule has 0 aliphatic heterocycles. The van der Waals surface area contributed by atoms with E-state index in [2.05, 4.69) is 160 Å². The topological polar surface area (TPSA) is 117 Å². The number of rotatable bonds is 8. The fourth-order valence-corrected chi connectivity index (χ4v) is 9.58. The van der Waals surface area contributed by atoms with E-state index in [1.165, 1.54) is 22.3 Å². The minimum absolute atomic E-state index is 0. The molecule has 10 rings (SSSR count). The second kappa shape index (κ2) is 30.5. The van der Waals surface area contributed by atoms with E-state index in [1.807, 2.05) is 109 Å². The first-order valence-electron chi connectivity index (χ1n) is 21.6. The maximum atomic E-state index is 14.0. The Morgan fingerprint density at radius 2 is 0.443 bits per heavy atom. The molecule has 1 fully saturated rings. The molecule has 0 amide bonds. The molecular weight excluding hydrogens is 1040 g/mol. The zero-order valence-corrected chi connectivity index (χ0v) is 41.2. The summed E-state index contributed by atoms with van der Waals surface area (Å²) < 4.78 is 30.0. The molecule has 4 unspecified atom stereocenters. The van der Waals surface area contributed by atoms with Gasteiger partial charge in [0.1, 0.15) is 0 Å². The van der Waals surface area contributed by atoms with Crippen molar-refractivity contribution in [2.75, 3.05) is 0 Å².